The zero-order valence-corrected chi connectivity index (χ0v) is 9.57. The molecule has 0 aliphatic rings. The molecule has 8 heteroatoms. The molecule has 0 bridgehead atoms. The first kappa shape index (κ1) is 15.0. The summed E-state index contributed by atoms with van der Waals surface area (Å²) in [6.07, 6.45) is -0.794. The number of hydrogen-bond donors (Lipinski definition) is 2. The third-order valence-corrected chi connectivity index (χ3v) is 3.00. The van der Waals surface area contributed by atoms with Crippen molar-refractivity contribution in [2.45, 2.75) is 24.5 Å². The highest BCUT2D eigenvalue weighted by molar-refractivity contribution is 7.87. The highest BCUT2D eigenvalue weighted by atomic mass is 32.2. The summed E-state index contributed by atoms with van der Waals surface area (Å²) in [6.45, 7) is 0.261. The second kappa shape index (κ2) is 6.56. The second-order valence-electron chi connectivity index (χ2n) is 3.16. The first-order chi connectivity index (χ1) is 7.29. The van der Waals surface area contributed by atoms with Crippen molar-refractivity contribution in [2.24, 2.45) is 0 Å². The maximum Gasteiger partial charge on any atom is 0.305 e. The molecule has 0 aliphatic carbocycles. The molecule has 0 aromatic heterocycles. The van der Waals surface area contributed by atoms with Crippen LogP contribution in [0.25, 0.3) is 0 Å². The Kier molecular flexibility index (Phi) is 6.16. The Morgan fingerprint density at radius 2 is 1.94 bits per heavy atom. The Labute approximate surface area is 93.2 Å². The van der Waals surface area contributed by atoms with Crippen LogP contribution in [0.3, 0.4) is 0 Å². The summed E-state index contributed by atoms with van der Waals surface area (Å²) in [4.78, 5) is 21.7. The summed E-state index contributed by atoms with van der Waals surface area (Å²) in [6, 6.07) is 0. The molecule has 0 saturated heterocycles. The predicted molar refractivity (Wildman–Crippen MR) is 53.7 cm³/mol. The number of carbonyl (C=O) groups excluding carboxylic acids is 1. The highest BCUT2D eigenvalue weighted by Gasteiger charge is 2.32. The molecular weight excluding hydrogens is 240 g/mol. The number of rotatable bonds is 8. The van der Waals surface area contributed by atoms with Crippen LogP contribution in [0.15, 0.2) is 0 Å². The minimum Gasteiger partial charge on any atom is -0.481 e. The van der Waals surface area contributed by atoms with Crippen molar-refractivity contribution in [1.82, 2.24) is 0 Å². The van der Waals surface area contributed by atoms with E-state index in [1.807, 2.05) is 0 Å². The monoisotopic (exact) mass is 254 g/mol. The number of aliphatic carboxylic acids is 1. The van der Waals surface area contributed by atoms with Gasteiger partial charge in [-0.1, -0.05) is 0 Å². The summed E-state index contributed by atoms with van der Waals surface area (Å²) in [7, 11) is -3.25. The van der Waals surface area contributed by atoms with E-state index in [4.69, 9.17) is 9.66 Å². The lowest BCUT2D eigenvalue weighted by Gasteiger charge is -2.09. The molecule has 1 atom stereocenters. The number of hydrogen-bond acceptors (Lipinski definition) is 5. The molecule has 0 amide bonds. The molecule has 0 aromatic rings. The average molecular weight is 254 g/mol. The molecule has 0 aliphatic heterocycles. The van der Waals surface area contributed by atoms with Gasteiger partial charge in [-0.2, -0.15) is 8.42 Å². The number of ether oxygens (including phenoxy) is 1. The first-order valence-electron chi connectivity index (χ1n) is 4.48. The van der Waals surface area contributed by atoms with Crippen molar-refractivity contribution in [3.05, 3.63) is 0 Å². The number of Topliss-reactive ketones (excluding diaryl/α,β-unsaturated/α-hetero) is 1. The SMILES string of the molecule is COCCCC(=O)C(CC(=O)O)S(=O)(=O)O. The molecular formula is C8H14O7S. The second-order valence-corrected chi connectivity index (χ2v) is 4.76. The summed E-state index contributed by atoms with van der Waals surface area (Å²) in [5.41, 5.74) is 0. The quantitative estimate of drug-likeness (QED) is 0.451. The lowest BCUT2D eigenvalue weighted by Crippen LogP contribution is -2.32. The van der Waals surface area contributed by atoms with Crippen LogP contribution >= 0.6 is 0 Å². The third-order valence-electron chi connectivity index (χ3n) is 1.85. The summed E-state index contributed by atoms with van der Waals surface area (Å²) in [5, 5.41) is 6.53. The van der Waals surface area contributed by atoms with Crippen LogP contribution < -0.4 is 0 Å². The van der Waals surface area contributed by atoms with E-state index in [1.54, 1.807) is 0 Å². The molecule has 2 N–H and O–H groups in total. The van der Waals surface area contributed by atoms with Crippen molar-refractivity contribution in [2.75, 3.05) is 13.7 Å². The van der Waals surface area contributed by atoms with Gasteiger partial charge in [0, 0.05) is 20.1 Å². The van der Waals surface area contributed by atoms with Crippen LogP contribution in [0.1, 0.15) is 19.3 Å². The van der Waals surface area contributed by atoms with E-state index in [0.29, 0.717) is 0 Å². The Morgan fingerprint density at radius 1 is 1.38 bits per heavy atom. The molecule has 94 valence electrons. The fraction of sp³-hybridized carbons (Fsp3) is 0.750. The van der Waals surface area contributed by atoms with Gasteiger partial charge in [-0.3, -0.25) is 14.1 Å². The van der Waals surface area contributed by atoms with Gasteiger partial charge in [0.05, 0.1) is 6.42 Å². The standard InChI is InChI=1S/C8H14O7S/c1-15-4-2-3-6(9)7(5-8(10)11)16(12,13)14/h7H,2-5H2,1H3,(H,10,11)(H,12,13,14). The Hall–Kier alpha value is -0.990. The van der Waals surface area contributed by atoms with E-state index < -0.39 is 33.5 Å². The van der Waals surface area contributed by atoms with Crippen LogP contribution in [0, 0.1) is 0 Å². The predicted octanol–water partition coefficient (Wildman–Crippen LogP) is -0.287. The van der Waals surface area contributed by atoms with Crippen molar-refractivity contribution in [1.29, 1.82) is 0 Å². The maximum atomic E-state index is 11.3. The fourth-order valence-electron chi connectivity index (χ4n) is 1.10. The van der Waals surface area contributed by atoms with Gasteiger partial charge in [0.1, 0.15) is 0 Å². The number of ketones is 1. The summed E-state index contributed by atoms with van der Waals surface area (Å²) < 4.78 is 34.9. The molecule has 0 saturated carbocycles. The van der Waals surface area contributed by atoms with Gasteiger partial charge < -0.3 is 9.84 Å². The van der Waals surface area contributed by atoms with Gasteiger partial charge in [-0.15, -0.1) is 0 Å². The van der Waals surface area contributed by atoms with E-state index in [-0.39, 0.29) is 19.4 Å². The van der Waals surface area contributed by atoms with Crippen LogP contribution in [-0.4, -0.2) is 48.8 Å². The maximum absolute atomic E-state index is 11.3. The van der Waals surface area contributed by atoms with E-state index in [9.17, 15) is 18.0 Å². The van der Waals surface area contributed by atoms with Crippen molar-refractivity contribution < 1.29 is 32.4 Å². The summed E-state index contributed by atoms with van der Waals surface area (Å²) >= 11 is 0. The molecule has 0 rings (SSSR count). The van der Waals surface area contributed by atoms with Gasteiger partial charge in [-0.25, -0.2) is 0 Å². The van der Waals surface area contributed by atoms with E-state index in [0.717, 1.165) is 0 Å². The molecule has 0 spiro atoms. The smallest absolute Gasteiger partial charge is 0.305 e. The van der Waals surface area contributed by atoms with Crippen LogP contribution in [-0.2, 0) is 24.4 Å². The summed E-state index contributed by atoms with van der Waals surface area (Å²) in [5.74, 6) is -2.27. The topological polar surface area (TPSA) is 118 Å². The minimum absolute atomic E-state index is 0.147. The van der Waals surface area contributed by atoms with Crippen LogP contribution in [0.4, 0.5) is 0 Å². The number of carboxylic acids is 1. The number of carbonyl (C=O) groups is 2. The number of carboxylic acid groups (broad SMARTS) is 1. The zero-order valence-electron chi connectivity index (χ0n) is 8.75. The Bertz CT molecular complexity index is 345. The first-order valence-corrected chi connectivity index (χ1v) is 5.99. The normalized spacial score (nSPS) is 13.4. The van der Waals surface area contributed by atoms with E-state index >= 15 is 0 Å². The number of methoxy groups -OCH3 is 1. The van der Waals surface area contributed by atoms with Crippen LogP contribution in [0.5, 0.6) is 0 Å². The molecule has 0 radical (unpaired) electrons. The third kappa shape index (κ3) is 5.79. The highest BCUT2D eigenvalue weighted by Crippen LogP contribution is 2.10. The zero-order chi connectivity index (χ0) is 12.8. The average Bonchev–Trinajstić information content (AvgIpc) is 2.12. The van der Waals surface area contributed by atoms with Gasteiger partial charge >= 0.3 is 5.97 Å². The lowest BCUT2D eigenvalue weighted by atomic mass is 10.1. The van der Waals surface area contributed by atoms with E-state index in [1.165, 1.54) is 7.11 Å². The van der Waals surface area contributed by atoms with E-state index in [2.05, 4.69) is 4.74 Å². The van der Waals surface area contributed by atoms with Gasteiger partial charge in [0.2, 0.25) is 0 Å². The molecule has 0 fully saturated rings. The van der Waals surface area contributed by atoms with Crippen molar-refractivity contribution in [3.8, 4) is 0 Å². The largest absolute Gasteiger partial charge is 0.481 e. The Balaban J connectivity index is 4.52. The van der Waals surface area contributed by atoms with Crippen LogP contribution in [0.2, 0.25) is 0 Å². The molecule has 0 heterocycles. The van der Waals surface area contributed by atoms with Crippen molar-refractivity contribution >= 4 is 21.9 Å². The van der Waals surface area contributed by atoms with Gasteiger partial charge in [0.25, 0.3) is 10.1 Å². The minimum atomic E-state index is -4.67. The lowest BCUT2D eigenvalue weighted by molar-refractivity contribution is -0.138. The van der Waals surface area contributed by atoms with Gasteiger partial charge in [0.15, 0.2) is 11.0 Å². The molecule has 0 aromatic carbocycles. The molecule has 16 heavy (non-hydrogen) atoms. The Morgan fingerprint density at radius 3 is 2.31 bits per heavy atom. The van der Waals surface area contributed by atoms with Crippen molar-refractivity contribution in [3.63, 3.8) is 0 Å². The fourth-order valence-corrected chi connectivity index (χ4v) is 1.90. The molecule has 1 unspecified atom stereocenters. The molecule has 7 nitrogen and oxygen atoms in total. The van der Waals surface area contributed by atoms with Gasteiger partial charge in [-0.05, 0) is 6.42 Å².